The van der Waals surface area contributed by atoms with E-state index in [-0.39, 0.29) is 5.91 Å². The second kappa shape index (κ2) is 7.27. The summed E-state index contributed by atoms with van der Waals surface area (Å²) >= 11 is 1.60. The molecule has 0 atom stereocenters. The Morgan fingerprint density at radius 2 is 1.84 bits per heavy atom. The summed E-state index contributed by atoms with van der Waals surface area (Å²) < 4.78 is 0. The smallest absolute Gasteiger partial charge is 0.254 e. The minimum atomic E-state index is 0.0645. The maximum absolute atomic E-state index is 13.3. The van der Waals surface area contributed by atoms with Gasteiger partial charge in [-0.3, -0.25) is 14.8 Å². The van der Waals surface area contributed by atoms with Crippen molar-refractivity contribution in [3.05, 3.63) is 52.7 Å². The predicted octanol–water partition coefficient (Wildman–Crippen LogP) is 4.06. The lowest BCUT2D eigenvalue weighted by Crippen LogP contribution is -2.41. The number of amides is 1. The Hall–Kier alpha value is -2.34. The van der Waals surface area contributed by atoms with Gasteiger partial charge in [0.15, 0.2) is 0 Å². The lowest BCUT2D eigenvalue weighted by molar-refractivity contribution is 0.0614. The summed E-state index contributed by atoms with van der Waals surface area (Å²) in [6, 6.07) is 5.87. The number of hydrogen-bond donors (Lipinski definition) is 0. The van der Waals surface area contributed by atoms with Gasteiger partial charge in [-0.2, -0.15) is 0 Å². The first-order chi connectivity index (χ1) is 12.3. The molecule has 0 spiro atoms. The molecule has 1 aliphatic rings. The van der Waals surface area contributed by atoms with Crippen LogP contribution in [0, 0.1) is 0 Å². The van der Waals surface area contributed by atoms with Crippen molar-refractivity contribution in [1.29, 1.82) is 0 Å². The van der Waals surface area contributed by atoms with Crippen LogP contribution in [0.1, 0.15) is 47.5 Å². The number of carbonyl (C=O) groups excluding carboxylic acids is 1. The van der Waals surface area contributed by atoms with Crippen LogP contribution in [0.15, 0.2) is 42.2 Å². The monoisotopic (exact) mass is 352 g/mol. The zero-order valence-corrected chi connectivity index (χ0v) is 14.8. The highest BCUT2D eigenvalue weighted by Gasteiger charge is 2.27. The number of nitrogens with zero attached hydrogens (tertiary/aromatic N) is 4. The van der Waals surface area contributed by atoms with Crippen molar-refractivity contribution in [1.82, 2.24) is 19.9 Å². The molecule has 2 heterocycles. The summed E-state index contributed by atoms with van der Waals surface area (Å²) in [5.41, 5.74) is 2.24. The minimum Gasteiger partial charge on any atom is -0.329 e. The first-order valence-electron chi connectivity index (χ1n) is 8.71. The molecule has 1 fully saturated rings. The molecule has 25 heavy (non-hydrogen) atoms. The highest BCUT2D eigenvalue weighted by atomic mass is 32.1. The number of rotatable bonds is 4. The highest BCUT2D eigenvalue weighted by Crippen LogP contribution is 2.26. The molecule has 0 bridgehead atoms. The highest BCUT2D eigenvalue weighted by molar-refractivity contribution is 7.09. The van der Waals surface area contributed by atoms with Crippen LogP contribution in [0.25, 0.3) is 11.0 Å². The van der Waals surface area contributed by atoms with Gasteiger partial charge in [0, 0.05) is 35.6 Å². The zero-order valence-electron chi connectivity index (χ0n) is 14.0. The Morgan fingerprint density at radius 3 is 2.60 bits per heavy atom. The van der Waals surface area contributed by atoms with Crippen molar-refractivity contribution in [3.63, 3.8) is 0 Å². The SMILES string of the molecule is O=C(c1ccc2nccnc2c1)N(Cc1nccs1)C1CCCCC1. The van der Waals surface area contributed by atoms with Crippen LogP contribution in [0.5, 0.6) is 0 Å². The normalized spacial score (nSPS) is 15.4. The summed E-state index contributed by atoms with van der Waals surface area (Å²) in [5.74, 6) is 0.0645. The molecule has 3 aromatic rings. The molecule has 1 amide bonds. The van der Waals surface area contributed by atoms with Crippen molar-refractivity contribution < 1.29 is 4.79 Å². The first-order valence-corrected chi connectivity index (χ1v) is 9.59. The van der Waals surface area contributed by atoms with Gasteiger partial charge in [-0.15, -0.1) is 11.3 Å². The molecule has 2 aromatic heterocycles. The van der Waals surface area contributed by atoms with Gasteiger partial charge in [-0.1, -0.05) is 19.3 Å². The van der Waals surface area contributed by atoms with Crippen molar-refractivity contribution in [2.75, 3.05) is 0 Å². The van der Waals surface area contributed by atoms with Gasteiger partial charge in [-0.05, 0) is 31.0 Å². The summed E-state index contributed by atoms with van der Waals surface area (Å²) in [4.78, 5) is 28.3. The number of benzene rings is 1. The Morgan fingerprint density at radius 1 is 1.04 bits per heavy atom. The van der Waals surface area contributed by atoms with Crippen LogP contribution in [0.3, 0.4) is 0 Å². The molecular weight excluding hydrogens is 332 g/mol. The van der Waals surface area contributed by atoms with Crippen LogP contribution in [-0.4, -0.2) is 31.8 Å². The Labute approximate surface area is 150 Å². The molecule has 1 aliphatic carbocycles. The quantitative estimate of drug-likeness (QED) is 0.710. The average Bonchev–Trinajstić information content (AvgIpc) is 3.19. The molecule has 0 unspecified atom stereocenters. The van der Waals surface area contributed by atoms with Crippen molar-refractivity contribution in [2.45, 2.75) is 44.7 Å². The van der Waals surface area contributed by atoms with Gasteiger partial charge in [0.25, 0.3) is 5.91 Å². The Balaban J connectivity index is 1.65. The van der Waals surface area contributed by atoms with Gasteiger partial charge in [0.1, 0.15) is 5.01 Å². The van der Waals surface area contributed by atoms with Gasteiger partial charge in [0.2, 0.25) is 0 Å². The zero-order chi connectivity index (χ0) is 17.1. The number of hydrogen-bond acceptors (Lipinski definition) is 5. The van der Waals surface area contributed by atoms with E-state index >= 15 is 0 Å². The molecule has 0 saturated heterocycles. The fraction of sp³-hybridized carbons (Fsp3) is 0.368. The van der Waals surface area contributed by atoms with Gasteiger partial charge >= 0.3 is 0 Å². The van der Waals surface area contributed by atoms with Gasteiger partial charge in [0.05, 0.1) is 17.6 Å². The molecule has 4 rings (SSSR count). The number of carbonyl (C=O) groups is 1. The predicted molar refractivity (Wildman–Crippen MR) is 98.4 cm³/mol. The second-order valence-corrected chi connectivity index (χ2v) is 7.39. The third-order valence-electron chi connectivity index (χ3n) is 4.78. The number of fused-ring (bicyclic) bond motifs is 1. The second-order valence-electron chi connectivity index (χ2n) is 6.41. The van der Waals surface area contributed by atoms with Crippen molar-refractivity contribution in [2.24, 2.45) is 0 Å². The maximum Gasteiger partial charge on any atom is 0.254 e. The third-order valence-corrected chi connectivity index (χ3v) is 5.55. The van der Waals surface area contributed by atoms with Crippen LogP contribution < -0.4 is 0 Å². The van der Waals surface area contributed by atoms with E-state index in [1.807, 2.05) is 28.5 Å². The van der Waals surface area contributed by atoms with E-state index in [0.29, 0.717) is 18.2 Å². The maximum atomic E-state index is 13.3. The molecule has 128 valence electrons. The van der Waals surface area contributed by atoms with E-state index in [0.717, 1.165) is 28.9 Å². The van der Waals surface area contributed by atoms with E-state index in [2.05, 4.69) is 15.0 Å². The van der Waals surface area contributed by atoms with Crippen LogP contribution in [0.4, 0.5) is 0 Å². The first kappa shape index (κ1) is 16.1. The molecule has 0 aliphatic heterocycles. The number of thiazole rings is 1. The molecule has 0 radical (unpaired) electrons. The van der Waals surface area contributed by atoms with E-state index in [9.17, 15) is 4.79 Å². The molecule has 6 heteroatoms. The van der Waals surface area contributed by atoms with Crippen LogP contribution >= 0.6 is 11.3 Å². The summed E-state index contributed by atoms with van der Waals surface area (Å²) in [5, 5.41) is 2.95. The minimum absolute atomic E-state index is 0.0645. The largest absolute Gasteiger partial charge is 0.329 e. The van der Waals surface area contributed by atoms with Crippen molar-refractivity contribution in [3.8, 4) is 0 Å². The van der Waals surface area contributed by atoms with Gasteiger partial charge < -0.3 is 4.90 Å². The molecule has 1 aromatic carbocycles. The van der Waals surface area contributed by atoms with Crippen LogP contribution in [-0.2, 0) is 6.54 Å². The van der Waals surface area contributed by atoms with Gasteiger partial charge in [-0.25, -0.2) is 4.98 Å². The summed E-state index contributed by atoms with van der Waals surface area (Å²) in [6.45, 7) is 0.583. The van der Waals surface area contributed by atoms with E-state index in [1.54, 1.807) is 29.9 Å². The Bertz CT molecular complexity index is 859. The summed E-state index contributed by atoms with van der Waals surface area (Å²) in [6.07, 6.45) is 10.9. The lowest BCUT2D eigenvalue weighted by Gasteiger charge is -2.34. The molecule has 0 N–H and O–H groups in total. The molecule has 1 saturated carbocycles. The van der Waals surface area contributed by atoms with Crippen molar-refractivity contribution >= 4 is 28.3 Å². The fourth-order valence-corrected chi connectivity index (χ4v) is 4.11. The fourth-order valence-electron chi connectivity index (χ4n) is 3.50. The third kappa shape index (κ3) is 3.54. The van der Waals surface area contributed by atoms with E-state index in [4.69, 9.17) is 0 Å². The average molecular weight is 352 g/mol. The molecular formula is C19H20N4OS. The topological polar surface area (TPSA) is 59.0 Å². The standard InChI is InChI=1S/C19H20N4OS/c24-19(14-6-7-16-17(12-14)21-9-8-20-16)23(13-18-22-10-11-25-18)15-4-2-1-3-5-15/h6-12,15H,1-5,13H2. The Kier molecular flexibility index (Phi) is 4.70. The van der Waals surface area contributed by atoms with E-state index in [1.165, 1.54) is 19.3 Å². The van der Waals surface area contributed by atoms with Crippen LogP contribution in [0.2, 0.25) is 0 Å². The molecule has 5 nitrogen and oxygen atoms in total. The lowest BCUT2D eigenvalue weighted by atomic mass is 9.93. The summed E-state index contributed by atoms with van der Waals surface area (Å²) in [7, 11) is 0. The van der Waals surface area contributed by atoms with E-state index < -0.39 is 0 Å². The number of aromatic nitrogens is 3.